The van der Waals surface area contributed by atoms with Crippen molar-refractivity contribution in [3.05, 3.63) is 36.2 Å². The van der Waals surface area contributed by atoms with Crippen molar-refractivity contribution in [1.82, 2.24) is 20.1 Å². The molecule has 0 saturated heterocycles. The lowest BCUT2D eigenvalue weighted by molar-refractivity contribution is -0.119. The fourth-order valence-electron chi connectivity index (χ4n) is 2.31. The molecule has 7 heteroatoms. The summed E-state index contributed by atoms with van der Waals surface area (Å²) in [5.41, 5.74) is 1.07. The van der Waals surface area contributed by atoms with Gasteiger partial charge in [-0.25, -0.2) is 0 Å². The third kappa shape index (κ3) is 4.74. The molecule has 6 nitrogen and oxygen atoms in total. The molecule has 1 heterocycles. The molecule has 0 fully saturated rings. The number of hydrogen-bond acceptors (Lipinski definition) is 5. The monoisotopic (exact) mass is 348 g/mol. The van der Waals surface area contributed by atoms with Crippen molar-refractivity contribution < 1.29 is 9.53 Å². The van der Waals surface area contributed by atoms with Gasteiger partial charge in [-0.15, -0.1) is 10.2 Å². The maximum absolute atomic E-state index is 12.3. The van der Waals surface area contributed by atoms with Crippen LogP contribution < -0.4 is 10.1 Å². The van der Waals surface area contributed by atoms with Crippen molar-refractivity contribution in [2.75, 3.05) is 12.9 Å². The smallest absolute Gasteiger partial charge is 0.230 e. The highest BCUT2D eigenvalue weighted by atomic mass is 32.2. The van der Waals surface area contributed by atoms with E-state index in [-0.39, 0.29) is 18.0 Å². The Bertz CT molecular complexity index is 655. The molecule has 0 aliphatic carbocycles. The molecule has 1 aromatic heterocycles. The van der Waals surface area contributed by atoms with Crippen LogP contribution in [-0.2, 0) is 4.79 Å². The van der Waals surface area contributed by atoms with Gasteiger partial charge in [0.15, 0.2) is 5.16 Å². The first kappa shape index (κ1) is 18.3. The largest absolute Gasteiger partial charge is 0.497 e. The van der Waals surface area contributed by atoms with Crippen molar-refractivity contribution in [3.63, 3.8) is 0 Å². The number of nitrogens with zero attached hydrogens (tertiary/aromatic N) is 3. The SMILES string of the molecule is CCC(NC(=O)CSc1nncn1C(C)C)c1ccc(OC)cc1. The summed E-state index contributed by atoms with van der Waals surface area (Å²) in [6.07, 6.45) is 2.52. The average molecular weight is 348 g/mol. The summed E-state index contributed by atoms with van der Waals surface area (Å²) < 4.78 is 7.13. The quantitative estimate of drug-likeness (QED) is 0.742. The Morgan fingerprint density at radius 3 is 2.62 bits per heavy atom. The Morgan fingerprint density at radius 1 is 1.33 bits per heavy atom. The van der Waals surface area contributed by atoms with E-state index < -0.39 is 0 Å². The van der Waals surface area contributed by atoms with E-state index in [0.717, 1.165) is 22.9 Å². The zero-order valence-electron chi connectivity index (χ0n) is 14.5. The fourth-order valence-corrected chi connectivity index (χ4v) is 3.17. The summed E-state index contributed by atoms with van der Waals surface area (Å²) in [7, 11) is 1.64. The highest BCUT2D eigenvalue weighted by Gasteiger charge is 2.15. The molecule has 0 aliphatic rings. The van der Waals surface area contributed by atoms with Crippen molar-refractivity contribution in [3.8, 4) is 5.75 Å². The average Bonchev–Trinajstić information content (AvgIpc) is 3.07. The standard InChI is InChI=1S/C17H24N4O2S/c1-5-15(13-6-8-14(23-4)9-7-13)19-16(22)10-24-17-20-18-11-21(17)12(2)3/h6-9,11-12,15H,5,10H2,1-4H3,(H,19,22). The summed E-state index contributed by atoms with van der Waals surface area (Å²) in [5.74, 6) is 1.11. The van der Waals surface area contributed by atoms with Gasteiger partial charge >= 0.3 is 0 Å². The first-order valence-electron chi connectivity index (χ1n) is 8.00. The second-order valence-electron chi connectivity index (χ2n) is 5.70. The molecule has 1 amide bonds. The molecule has 1 aromatic carbocycles. The van der Waals surface area contributed by atoms with Crippen LogP contribution in [0.5, 0.6) is 5.75 Å². The van der Waals surface area contributed by atoms with Crippen LogP contribution in [0.15, 0.2) is 35.7 Å². The minimum atomic E-state index is -0.0130. The number of methoxy groups -OCH3 is 1. The van der Waals surface area contributed by atoms with E-state index in [2.05, 4.69) is 36.3 Å². The molecule has 0 radical (unpaired) electrons. The van der Waals surface area contributed by atoms with Gasteiger partial charge in [0.1, 0.15) is 12.1 Å². The summed E-state index contributed by atoms with van der Waals surface area (Å²) >= 11 is 1.40. The van der Waals surface area contributed by atoms with Gasteiger partial charge in [-0.3, -0.25) is 4.79 Å². The van der Waals surface area contributed by atoms with E-state index in [1.165, 1.54) is 11.8 Å². The van der Waals surface area contributed by atoms with Gasteiger partial charge in [0, 0.05) is 6.04 Å². The number of benzene rings is 1. The molecule has 1 atom stereocenters. The normalized spacial score (nSPS) is 12.2. The molecule has 0 aliphatic heterocycles. The highest BCUT2D eigenvalue weighted by Crippen LogP contribution is 2.22. The third-order valence-corrected chi connectivity index (χ3v) is 4.65. The minimum absolute atomic E-state index is 0.00743. The molecule has 1 N–H and O–H groups in total. The zero-order valence-corrected chi connectivity index (χ0v) is 15.3. The Labute approximate surface area is 147 Å². The zero-order chi connectivity index (χ0) is 17.5. The first-order chi connectivity index (χ1) is 11.5. The molecule has 2 rings (SSSR count). The van der Waals surface area contributed by atoms with Crippen LogP contribution >= 0.6 is 11.8 Å². The van der Waals surface area contributed by atoms with Crippen LogP contribution in [0.25, 0.3) is 0 Å². The number of carbonyl (C=O) groups excluding carboxylic acids is 1. The number of hydrogen-bond donors (Lipinski definition) is 1. The van der Waals surface area contributed by atoms with Crippen molar-refractivity contribution in [2.24, 2.45) is 0 Å². The van der Waals surface area contributed by atoms with E-state index in [4.69, 9.17) is 4.74 Å². The number of carbonyl (C=O) groups is 1. The van der Waals surface area contributed by atoms with Crippen molar-refractivity contribution in [1.29, 1.82) is 0 Å². The maximum atomic E-state index is 12.3. The van der Waals surface area contributed by atoms with Gasteiger partial charge in [-0.2, -0.15) is 0 Å². The first-order valence-corrected chi connectivity index (χ1v) is 8.99. The van der Waals surface area contributed by atoms with Gasteiger partial charge in [0.05, 0.1) is 18.9 Å². The van der Waals surface area contributed by atoms with E-state index in [0.29, 0.717) is 5.75 Å². The molecule has 0 saturated carbocycles. The molecule has 1 unspecified atom stereocenters. The van der Waals surface area contributed by atoms with Gasteiger partial charge in [0.25, 0.3) is 0 Å². The molecule has 0 spiro atoms. The van der Waals surface area contributed by atoms with Crippen LogP contribution in [0.3, 0.4) is 0 Å². The lowest BCUT2D eigenvalue weighted by Crippen LogP contribution is -2.29. The van der Waals surface area contributed by atoms with E-state index in [1.807, 2.05) is 28.8 Å². The van der Waals surface area contributed by atoms with Crippen LogP contribution in [0.4, 0.5) is 0 Å². The number of rotatable bonds is 8. The van der Waals surface area contributed by atoms with Crippen LogP contribution in [0.2, 0.25) is 0 Å². The van der Waals surface area contributed by atoms with E-state index in [1.54, 1.807) is 13.4 Å². The van der Waals surface area contributed by atoms with Crippen LogP contribution in [0.1, 0.15) is 44.8 Å². The number of thioether (sulfide) groups is 1. The second kappa shape index (κ2) is 8.73. The summed E-state index contributed by atoms with van der Waals surface area (Å²) in [6.45, 7) is 6.17. The predicted molar refractivity (Wildman–Crippen MR) is 95.3 cm³/mol. The Kier molecular flexibility index (Phi) is 6.66. The number of amides is 1. The Morgan fingerprint density at radius 2 is 2.04 bits per heavy atom. The number of ether oxygens (including phenoxy) is 1. The molecule has 0 bridgehead atoms. The molecule has 130 valence electrons. The number of aromatic nitrogens is 3. The van der Waals surface area contributed by atoms with Gasteiger partial charge < -0.3 is 14.6 Å². The number of nitrogens with one attached hydrogen (secondary N) is 1. The molecular weight excluding hydrogens is 324 g/mol. The molecule has 24 heavy (non-hydrogen) atoms. The van der Waals surface area contributed by atoms with Gasteiger partial charge in [0.2, 0.25) is 5.91 Å². The van der Waals surface area contributed by atoms with Gasteiger partial charge in [-0.1, -0.05) is 30.8 Å². The van der Waals surface area contributed by atoms with Crippen LogP contribution in [-0.4, -0.2) is 33.5 Å². The highest BCUT2D eigenvalue weighted by molar-refractivity contribution is 7.99. The predicted octanol–water partition coefficient (Wildman–Crippen LogP) is 3.23. The topological polar surface area (TPSA) is 69.0 Å². The van der Waals surface area contributed by atoms with Crippen LogP contribution in [0, 0.1) is 0 Å². The minimum Gasteiger partial charge on any atom is -0.497 e. The fraction of sp³-hybridized carbons (Fsp3) is 0.471. The lowest BCUT2D eigenvalue weighted by Gasteiger charge is -2.18. The summed E-state index contributed by atoms with van der Waals surface area (Å²) in [5, 5.41) is 11.8. The second-order valence-corrected chi connectivity index (χ2v) is 6.65. The van der Waals surface area contributed by atoms with E-state index in [9.17, 15) is 4.79 Å². The van der Waals surface area contributed by atoms with Crippen molar-refractivity contribution >= 4 is 17.7 Å². The van der Waals surface area contributed by atoms with Crippen molar-refractivity contribution in [2.45, 2.75) is 44.4 Å². The molecular formula is C17H24N4O2S. The lowest BCUT2D eigenvalue weighted by atomic mass is 10.0. The third-order valence-electron chi connectivity index (χ3n) is 3.69. The van der Waals surface area contributed by atoms with Gasteiger partial charge in [-0.05, 0) is 38.0 Å². The summed E-state index contributed by atoms with van der Waals surface area (Å²) in [6, 6.07) is 8.04. The Balaban J connectivity index is 1.92. The maximum Gasteiger partial charge on any atom is 0.230 e. The Hall–Kier alpha value is -2.02. The van der Waals surface area contributed by atoms with E-state index >= 15 is 0 Å². The molecule has 2 aromatic rings. The summed E-state index contributed by atoms with van der Waals surface area (Å²) in [4.78, 5) is 12.3.